The number of unbranched alkanes of at least 4 members (excludes halogenated alkanes) is 1. The van der Waals surface area contributed by atoms with Crippen molar-refractivity contribution < 1.29 is 19.1 Å². The van der Waals surface area contributed by atoms with Crippen LogP contribution in [0.1, 0.15) is 53.7 Å². The highest BCUT2D eigenvalue weighted by Crippen LogP contribution is 2.39. The highest BCUT2D eigenvalue weighted by molar-refractivity contribution is 6.36. The van der Waals surface area contributed by atoms with Crippen LogP contribution in [0.5, 0.6) is 0 Å². The summed E-state index contributed by atoms with van der Waals surface area (Å²) in [7, 11) is 0. The van der Waals surface area contributed by atoms with Crippen molar-refractivity contribution in [1.82, 2.24) is 9.47 Å². The van der Waals surface area contributed by atoms with Crippen molar-refractivity contribution in [3.05, 3.63) is 111 Å². The molecular weight excluding hydrogens is 636 g/mol. The summed E-state index contributed by atoms with van der Waals surface area (Å²) in [5, 5.41) is 11.1. The molecule has 3 aromatic carbocycles. The molecule has 1 aromatic heterocycles. The maximum atomic E-state index is 14.3. The zero-order valence-electron chi connectivity index (χ0n) is 24.7. The molecule has 0 radical (unpaired) electrons. The molecule has 1 aliphatic rings. The number of rotatable bonds is 11. The number of hydrogen-bond acceptors (Lipinski definition) is 3. The summed E-state index contributed by atoms with van der Waals surface area (Å²) >= 11 is 19.1. The molecule has 0 atom stereocenters. The van der Waals surface area contributed by atoms with Gasteiger partial charge in [-0.15, -0.1) is 0 Å². The molecule has 2 amide bonds. The summed E-state index contributed by atoms with van der Waals surface area (Å²) in [6, 6.07) is 20.8. The van der Waals surface area contributed by atoms with E-state index in [1.165, 1.54) is 12.1 Å². The number of halogens is 4. The lowest BCUT2D eigenvalue weighted by molar-refractivity contribution is -0.130. The summed E-state index contributed by atoms with van der Waals surface area (Å²) in [6.07, 6.45) is 3.58. The number of amides is 2. The number of aromatic nitrogens is 1. The van der Waals surface area contributed by atoms with Crippen LogP contribution in [0.3, 0.4) is 0 Å². The second-order valence-electron chi connectivity index (χ2n) is 11.6. The summed E-state index contributed by atoms with van der Waals surface area (Å²) in [5.41, 5.74) is 9.50. The molecule has 236 valence electrons. The van der Waals surface area contributed by atoms with Gasteiger partial charge in [0, 0.05) is 46.7 Å². The Hall–Kier alpha value is -3.36. The van der Waals surface area contributed by atoms with Crippen LogP contribution in [0, 0.1) is 11.2 Å². The zero-order chi connectivity index (χ0) is 32.1. The van der Waals surface area contributed by atoms with Gasteiger partial charge in [0.25, 0.3) is 5.91 Å². The number of aliphatic hydroxyl groups is 1. The largest absolute Gasteiger partial charge is 0.396 e. The maximum absolute atomic E-state index is 14.3. The van der Waals surface area contributed by atoms with Gasteiger partial charge in [0.2, 0.25) is 5.91 Å². The molecule has 6 nitrogen and oxygen atoms in total. The standard InChI is InChI=1S/C35H35Cl3FN3O3/c36-24-7-10-27(11-8-24)42-31(6-1-2-19-43)29(22-32(42)28-12-9-25(37)21-30(28)38)33(44)41-17-15-35(16-18-41,34(40)45)14-13-23-4-3-5-26(39)20-23/h3-5,7-12,20-22,43H,1-2,6,13-19H2,(H2,40,45). The molecule has 0 unspecified atom stereocenters. The van der Waals surface area contributed by atoms with E-state index in [2.05, 4.69) is 0 Å². The van der Waals surface area contributed by atoms with E-state index in [0.717, 1.165) is 22.6 Å². The Bertz CT molecular complexity index is 1680. The minimum atomic E-state index is -0.787. The average Bonchev–Trinajstić information content (AvgIpc) is 3.39. The highest BCUT2D eigenvalue weighted by atomic mass is 35.5. The van der Waals surface area contributed by atoms with E-state index in [1.807, 2.05) is 34.9 Å². The van der Waals surface area contributed by atoms with Gasteiger partial charge in [-0.05, 0) is 111 Å². The molecule has 2 heterocycles. The highest BCUT2D eigenvalue weighted by Gasteiger charge is 2.41. The monoisotopic (exact) mass is 669 g/mol. The second kappa shape index (κ2) is 14.4. The van der Waals surface area contributed by atoms with Gasteiger partial charge in [-0.3, -0.25) is 9.59 Å². The molecule has 4 aromatic rings. The molecule has 1 fully saturated rings. The summed E-state index contributed by atoms with van der Waals surface area (Å²) in [4.78, 5) is 28.8. The van der Waals surface area contributed by atoms with E-state index in [4.69, 9.17) is 40.5 Å². The summed E-state index contributed by atoms with van der Waals surface area (Å²) in [6.45, 7) is 0.742. The van der Waals surface area contributed by atoms with Gasteiger partial charge in [0.15, 0.2) is 0 Å². The van der Waals surface area contributed by atoms with E-state index in [-0.39, 0.29) is 18.3 Å². The van der Waals surface area contributed by atoms with Gasteiger partial charge in [0.05, 0.1) is 21.7 Å². The number of benzene rings is 3. The van der Waals surface area contributed by atoms with Gasteiger partial charge in [-0.1, -0.05) is 46.9 Å². The third kappa shape index (κ3) is 7.39. The van der Waals surface area contributed by atoms with Crippen LogP contribution in [0.25, 0.3) is 16.9 Å². The van der Waals surface area contributed by atoms with Crippen LogP contribution in [-0.4, -0.2) is 46.1 Å². The fourth-order valence-corrected chi connectivity index (χ4v) is 6.80. The Morgan fingerprint density at radius 1 is 0.889 bits per heavy atom. The number of aryl methyl sites for hydroxylation is 1. The van der Waals surface area contributed by atoms with Gasteiger partial charge < -0.3 is 20.3 Å². The SMILES string of the molecule is NC(=O)C1(CCc2cccc(F)c2)CCN(C(=O)c2cc(-c3ccc(Cl)cc3Cl)n(-c3ccc(Cl)cc3)c2CCCCO)CC1. The topological polar surface area (TPSA) is 88.6 Å². The number of primary amides is 1. The number of carbonyl (C=O) groups excluding carboxylic acids is 2. The van der Waals surface area contributed by atoms with Gasteiger partial charge in [-0.2, -0.15) is 0 Å². The second-order valence-corrected chi connectivity index (χ2v) is 12.9. The Balaban J connectivity index is 1.49. The Morgan fingerprint density at radius 2 is 1.60 bits per heavy atom. The maximum Gasteiger partial charge on any atom is 0.255 e. The zero-order valence-corrected chi connectivity index (χ0v) is 27.0. The molecule has 0 aliphatic carbocycles. The normalized spacial score (nSPS) is 14.5. The van der Waals surface area contributed by atoms with Crippen LogP contribution in [-0.2, 0) is 17.6 Å². The molecule has 0 bridgehead atoms. The van der Waals surface area contributed by atoms with Gasteiger partial charge in [-0.25, -0.2) is 4.39 Å². The van der Waals surface area contributed by atoms with Crippen LogP contribution >= 0.6 is 34.8 Å². The van der Waals surface area contributed by atoms with Crippen molar-refractivity contribution in [1.29, 1.82) is 0 Å². The molecule has 0 spiro atoms. The number of likely N-dealkylation sites (tertiary alicyclic amines) is 1. The lowest BCUT2D eigenvalue weighted by atomic mass is 9.73. The van der Waals surface area contributed by atoms with Gasteiger partial charge >= 0.3 is 0 Å². The molecule has 3 N–H and O–H groups in total. The quantitative estimate of drug-likeness (QED) is 0.159. The Morgan fingerprint density at radius 3 is 2.24 bits per heavy atom. The fraction of sp³-hybridized carbons (Fsp3) is 0.314. The fourth-order valence-electron chi connectivity index (χ4n) is 6.17. The van der Waals surface area contributed by atoms with Crippen LogP contribution in [0.2, 0.25) is 15.1 Å². The molecule has 10 heteroatoms. The minimum Gasteiger partial charge on any atom is -0.396 e. The van der Waals surface area contributed by atoms with Crippen LogP contribution < -0.4 is 5.73 Å². The number of nitrogens with zero attached hydrogens (tertiary/aromatic N) is 2. The molecule has 1 aliphatic heterocycles. The molecule has 5 rings (SSSR count). The number of hydrogen-bond donors (Lipinski definition) is 2. The van der Waals surface area contributed by atoms with Crippen LogP contribution in [0.4, 0.5) is 4.39 Å². The average molecular weight is 671 g/mol. The number of nitrogens with two attached hydrogens (primary N) is 1. The Labute approximate surface area is 277 Å². The van der Waals surface area contributed by atoms with E-state index in [9.17, 15) is 19.1 Å². The lowest BCUT2D eigenvalue weighted by Crippen LogP contribution is -2.49. The third-order valence-corrected chi connectivity index (χ3v) is 9.56. The number of aliphatic hydroxyl groups excluding tert-OH is 1. The minimum absolute atomic E-state index is 0.0394. The van der Waals surface area contributed by atoms with E-state index in [0.29, 0.717) is 84.2 Å². The van der Waals surface area contributed by atoms with Crippen molar-refractivity contribution in [2.45, 2.75) is 44.9 Å². The van der Waals surface area contributed by atoms with Crippen LogP contribution in [0.15, 0.2) is 72.8 Å². The first kappa shape index (κ1) is 33.0. The van der Waals surface area contributed by atoms with Crippen molar-refractivity contribution >= 4 is 46.6 Å². The van der Waals surface area contributed by atoms with Crippen molar-refractivity contribution in [2.24, 2.45) is 11.1 Å². The molecular formula is C35H35Cl3FN3O3. The summed E-state index contributed by atoms with van der Waals surface area (Å²) < 4.78 is 15.8. The predicted molar refractivity (Wildman–Crippen MR) is 178 cm³/mol. The smallest absolute Gasteiger partial charge is 0.255 e. The number of carbonyl (C=O) groups is 2. The summed E-state index contributed by atoms with van der Waals surface area (Å²) in [5.74, 6) is -0.874. The van der Waals surface area contributed by atoms with E-state index in [1.54, 1.807) is 35.2 Å². The van der Waals surface area contributed by atoms with Crippen molar-refractivity contribution in [3.8, 4) is 16.9 Å². The first-order valence-electron chi connectivity index (χ1n) is 15.0. The molecule has 45 heavy (non-hydrogen) atoms. The lowest BCUT2D eigenvalue weighted by Gasteiger charge is -2.40. The molecule has 0 saturated carbocycles. The first-order chi connectivity index (χ1) is 21.6. The number of piperidine rings is 1. The van der Waals surface area contributed by atoms with Gasteiger partial charge in [0.1, 0.15) is 5.82 Å². The Kier molecular flexibility index (Phi) is 10.6. The van der Waals surface area contributed by atoms with Crippen molar-refractivity contribution in [2.75, 3.05) is 19.7 Å². The first-order valence-corrected chi connectivity index (χ1v) is 16.2. The molecule has 1 saturated heterocycles. The van der Waals surface area contributed by atoms with Crippen molar-refractivity contribution in [3.63, 3.8) is 0 Å². The predicted octanol–water partition coefficient (Wildman–Crippen LogP) is 7.90. The third-order valence-electron chi connectivity index (χ3n) is 8.76. The van der Waals surface area contributed by atoms with E-state index >= 15 is 0 Å². The van der Waals surface area contributed by atoms with E-state index < -0.39 is 11.3 Å².